The average molecular weight is 711 g/mol. The Morgan fingerprint density at radius 3 is 1.96 bits per heavy atom. The Morgan fingerprint density at radius 1 is 0.444 bits per heavy atom. The molecule has 0 fully saturated rings. The van der Waals surface area contributed by atoms with Gasteiger partial charge in [0.25, 0.3) is 0 Å². The first-order chi connectivity index (χ1) is 26.7. The number of aromatic nitrogens is 1. The molecule has 0 bridgehead atoms. The first-order valence-electron chi connectivity index (χ1n) is 18.0. The fourth-order valence-corrected chi connectivity index (χ4v) is 8.98. The van der Waals surface area contributed by atoms with Gasteiger partial charge in [-0.2, -0.15) is 0 Å². The van der Waals surface area contributed by atoms with Crippen LogP contribution in [0.15, 0.2) is 191 Å². The molecule has 0 aliphatic carbocycles. The molecule has 54 heavy (non-hydrogen) atoms. The molecule has 8 aromatic carbocycles. The molecule has 0 unspecified atom stereocenters. The number of hydrogen-bond acceptors (Lipinski definition) is 5. The fraction of sp³-hybridized carbons (Fsp3) is 0. The van der Waals surface area contributed by atoms with Crippen molar-refractivity contribution >= 4 is 81.6 Å². The molecule has 0 aliphatic rings. The molecule has 0 aliphatic heterocycles. The van der Waals surface area contributed by atoms with Gasteiger partial charge >= 0.3 is 0 Å². The summed E-state index contributed by atoms with van der Waals surface area (Å²) in [7, 11) is 0. The van der Waals surface area contributed by atoms with Gasteiger partial charge in [-0.1, -0.05) is 109 Å². The van der Waals surface area contributed by atoms with Gasteiger partial charge in [-0.15, -0.1) is 11.3 Å². The largest absolute Gasteiger partial charge is 0.456 e. The van der Waals surface area contributed by atoms with Crippen LogP contribution in [0.1, 0.15) is 0 Å². The summed E-state index contributed by atoms with van der Waals surface area (Å²) in [5.74, 6) is 0.592. The first kappa shape index (κ1) is 30.7. The summed E-state index contributed by atoms with van der Waals surface area (Å²) in [5.41, 5.74) is 11.9. The van der Waals surface area contributed by atoms with Gasteiger partial charge in [0.05, 0.1) is 5.39 Å². The SMILES string of the molecule is c1ccc(-c2ccc(N(c3cccc(-c4cccc5c4sc4ccccc45)c3)c3ccc4oc5ccc6nc(-c7ccccc7)oc6c5c4c3)cc2)cc1. The second-order valence-corrected chi connectivity index (χ2v) is 14.6. The number of furan rings is 1. The molecule has 0 N–H and O–H groups in total. The van der Waals surface area contributed by atoms with Gasteiger partial charge in [-0.05, 0) is 95.1 Å². The lowest BCUT2D eigenvalue weighted by atomic mass is 10.0. The standard InChI is InChI=1S/C49H30N2O2S/c1-3-11-31(12-4-1)32-21-23-35(24-22-32)51(36-16-9-15-34(29-36)38-18-10-19-40-39-17-7-8-20-45(39)54-48(38)40)37-25-27-43-41(30-37)46-44(52-43)28-26-42-47(46)53-49(50-42)33-13-5-2-6-14-33/h1-30H. The van der Waals surface area contributed by atoms with E-state index in [1.807, 2.05) is 53.8 Å². The van der Waals surface area contributed by atoms with Gasteiger partial charge in [0.1, 0.15) is 16.7 Å². The van der Waals surface area contributed by atoms with Crippen LogP contribution in [0.4, 0.5) is 17.1 Å². The molecule has 5 heteroatoms. The molecule has 0 saturated carbocycles. The first-order valence-corrected chi connectivity index (χ1v) is 18.8. The van der Waals surface area contributed by atoms with Crippen LogP contribution in [-0.2, 0) is 0 Å². The van der Waals surface area contributed by atoms with Crippen LogP contribution in [-0.4, -0.2) is 4.98 Å². The maximum Gasteiger partial charge on any atom is 0.227 e. The molecule has 0 spiro atoms. The van der Waals surface area contributed by atoms with E-state index in [4.69, 9.17) is 13.8 Å². The number of nitrogens with zero attached hydrogens (tertiary/aromatic N) is 2. The van der Waals surface area contributed by atoms with Crippen molar-refractivity contribution in [2.45, 2.75) is 0 Å². The van der Waals surface area contributed by atoms with E-state index in [-0.39, 0.29) is 0 Å². The van der Waals surface area contributed by atoms with Crippen LogP contribution >= 0.6 is 11.3 Å². The summed E-state index contributed by atoms with van der Waals surface area (Å²) < 4.78 is 15.5. The highest BCUT2D eigenvalue weighted by Crippen LogP contribution is 2.44. The van der Waals surface area contributed by atoms with Gasteiger partial charge in [-0.3, -0.25) is 0 Å². The third-order valence-corrected chi connectivity index (χ3v) is 11.5. The average Bonchev–Trinajstić information content (AvgIpc) is 3.95. The van der Waals surface area contributed by atoms with E-state index >= 15 is 0 Å². The predicted octanol–water partition coefficient (Wildman–Crippen LogP) is 14.6. The zero-order chi connectivity index (χ0) is 35.6. The highest BCUT2D eigenvalue weighted by molar-refractivity contribution is 7.26. The summed E-state index contributed by atoms with van der Waals surface area (Å²) in [6.45, 7) is 0. The van der Waals surface area contributed by atoms with Crippen molar-refractivity contribution in [3.8, 4) is 33.7 Å². The van der Waals surface area contributed by atoms with Crippen molar-refractivity contribution < 1.29 is 8.83 Å². The zero-order valence-corrected chi connectivity index (χ0v) is 29.8. The van der Waals surface area contributed by atoms with Crippen LogP contribution in [0.25, 0.3) is 86.9 Å². The van der Waals surface area contributed by atoms with E-state index in [0.29, 0.717) is 5.89 Å². The van der Waals surface area contributed by atoms with Crippen molar-refractivity contribution in [3.05, 3.63) is 182 Å². The molecular weight excluding hydrogens is 681 g/mol. The minimum absolute atomic E-state index is 0.592. The van der Waals surface area contributed by atoms with Crippen molar-refractivity contribution in [1.29, 1.82) is 0 Å². The van der Waals surface area contributed by atoms with E-state index in [2.05, 4.69) is 144 Å². The van der Waals surface area contributed by atoms with Gasteiger partial charge in [0, 0.05) is 48.2 Å². The maximum absolute atomic E-state index is 6.50. The number of anilines is 3. The second kappa shape index (κ2) is 12.3. The number of oxazole rings is 1. The summed E-state index contributed by atoms with van der Waals surface area (Å²) in [6.07, 6.45) is 0. The Hall–Kier alpha value is -6.95. The molecule has 11 rings (SSSR count). The number of thiophene rings is 1. The minimum Gasteiger partial charge on any atom is -0.456 e. The van der Waals surface area contributed by atoms with Gasteiger partial charge in [0.15, 0.2) is 5.58 Å². The second-order valence-electron chi connectivity index (χ2n) is 13.5. The third kappa shape index (κ3) is 5.01. The number of hydrogen-bond donors (Lipinski definition) is 0. The molecule has 11 aromatic rings. The van der Waals surface area contributed by atoms with Crippen molar-refractivity contribution in [1.82, 2.24) is 4.98 Å². The third-order valence-electron chi connectivity index (χ3n) is 10.3. The predicted molar refractivity (Wildman–Crippen MR) is 225 cm³/mol. The topological polar surface area (TPSA) is 42.4 Å². The quantitative estimate of drug-likeness (QED) is 0.172. The normalized spacial score (nSPS) is 11.7. The minimum atomic E-state index is 0.592. The molecule has 4 nitrogen and oxygen atoms in total. The lowest BCUT2D eigenvalue weighted by Gasteiger charge is -2.26. The van der Waals surface area contributed by atoms with Gasteiger partial charge < -0.3 is 13.7 Å². The van der Waals surface area contributed by atoms with Crippen LogP contribution in [0, 0.1) is 0 Å². The molecule has 0 atom stereocenters. The van der Waals surface area contributed by atoms with Gasteiger partial charge in [0.2, 0.25) is 5.89 Å². The lowest BCUT2D eigenvalue weighted by Crippen LogP contribution is -2.10. The van der Waals surface area contributed by atoms with E-state index in [1.165, 1.54) is 42.4 Å². The van der Waals surface area contributed by atoms with Crippen LogP contribution in [0.3, 0.4) is 0 Å². The lowest BCUT2D eigenvalue weighted by molar-refractivity contribution is 0.622. The number of fused-ring (bicyclic) bond motifs is 8. The molecule has 0 saturated heterocycles. The van der Waals surface area contributed by atoms with Crippen molar-refractivity contribution in [3.63, 3.8) is 0 Å². The van der Waals surface area contributed by atoms with Crippen LogP contribution in [0.5, 0.6) is 0 Å². The Kier molecular flexibility index (Phi) is 7.00. The van der Waals surface area contributed by atoms with Crippen molar-refractivity contribution in [2.75, 3.05) is 4.90 Å². The highest BCUT2D eigenvalue weighted by atomic mass is 32.1. The Labute approximate surface area is 314 Å². The molecule has 3 heterocycles. The van der Waals surface area contributed by atoms with Crippen molar-refractivity contribution in [2.24, 2.45) is 0 Å². The Bertz CT molecular complexity index is 3160. The van der Waals surface area contributed by atoms with E-state index < -0.39 is 0 Å². The Morgan fingerprint density at radius 2 is 1.11 bits per heavy atom. The molecule has 254 valence electrons. The van der Waals surface area contributed by atoms with Gasteiger partial charge in [-0.25, -0.2) is 4.98 Å². The monoisotopic (exact) mass is 710 g/mol. The highest BCUT2D eigenvalue weighted by Gasteiger charge is 2.20. The zero-order valence-electron chi connectivity index (χ0n) is 28.9. The molecular formula is C49H30N2O2S. The summed E-state index contributed by atoms with van der Waals surface area (Å²) >= 11 is 1.86. The van der Waals surface area contributed by atoms with E-state index in [9.17, 15) is 0 Å². The number of rotatable bonds is 6. The van der Waals surface area contributed by atoms with E-state index in [1.54, 1.807) is 0 Å². The maximum atomic E-state index is 6.50. The van der Waals surface area contributed by atoms with Crippen LogP contribution in [0.2, 0.25) is 0 Å². The molecule has 3 aromatic heterocycles. The summed E-state index contributed by atoms with van der Waals surface area (Å²) in [4.78, 5) is 7.19. The smallest absolute Gasteiger partial charge is 0.227 e. The summed E-state index contributed by atoms with van der Waals surface area (Å²) in [5, 5.41) is 4.48. The van der Waals surface area contributed by atoms with Crippen LogP contribution < -0.4 is 4.90 Å². The number of benzene rings is 8. The Balaban J connectivity index is 1.10. The fourth-order valence-electron chi connectivity index (χ4n) is 7.75. The van der Waals surface area contributed by atoms with E-state index in [0.717, 1.165) is 55.7 Å². The molecule has 0 radical (unpaired) electrons. The summed E-state index contributed by atoms with van der Waals surface area (Å²) in [6, 6.07) is 64.0. The molecule has 0 amide bonds.